The summed E-state index contributed by atoms with van der Waals surface area (Å²) in [7, 11) is 0. The minimum Gasteiger partial charge on any atom is -0.463 e. The van der Waals surface area contributed by atoms with Crippen molar-refractivity contribution >= 4 is 11.7 Å². The third-order valence-electron chi connectivity index (χ3n) is 4.88. The van der Waals surface area contributed by atoms with Crippen LogP contribution in [0.15, 0.2) is 57.9 Å². The maximum absolute atomic E-state index is 12.9. The minimum absolute atomic E-state index is 0.215. The number of carbonyl (C=O) groups is 1. The number of furan rings is 1. The van der Waals surface area contributed by atoms with Gasteiger partial charge < -0.3 is 9.73 Å². The molecule has 30 heavy (non-hydrogen) atoms. The van der Waals surface area contributed by atoms with E-state index in [9.17, 15) is 9.59 Å². The number of carbonyl (C=O) groups excluding carboxylic acids is 1. The van der Waals surface area contributed by atoms with Crippen LogP contribution in [0.25, 0.3) is 17.4 Å². The SMILES string of the molecule is CCc1c(C)nc(-n2nc(-c3ccco3)cc2NC(=O)c2ccccc2C)[nH]c1=O. The fourth-order valence-corrected chi connectivity index (χ4v) is 3.30. The Morgan fingerprint density at radius 2 is 2.00 bits per heavy atom. The second-order valence-corrected chi connectivity index (χ2v) is 6.88. The Morgan fingerprint density at radius 3 is 2.67 bits per heavy atom. The lowest BCUT2D eigenvalue weighted by Crippen LogP contribution is -2.22. The smallest absolute Gasteiger partial charge is 0.257 e. The number of nitrogens with zero attached hydrogens (tertiary/aromatic N) is 3. The predicted molar refractivity (Wildman–Crippen MR) is 113 cm³/mol. The average molecular weight is 403 g/mol. The molecule has 3 heterocycles. The molecule has 4 aromatic rings. The summed E-state index contributed by atoms with van der Waals surface area (Å²) < 4.78 is 6.84. The molecule has 0 bridgehead atoms. The van der Waals surface area contributed by atoms with Gasteiger partial charge in [-0.05, 0) is 44.0 Å². The second-order valence-electron chi connectivity index (χ2n) is 6.88. The molecule has 0 unspecified atom stereocenters. The number of aromatic nitrogens is 4. The van der Waals surface area contributed by atoms with Gasteiger partial charge in [-0.3, -0.25) is 14.6 Å². The molecule has 0 aliphatic carbocycles. The maximum Gasteiger partial charge on any atom is 0.257 e. The van der Waals surface area contributed by atoms with Crippen LogP contribution in [0.4, 0.5) is 5.82 Å². The predicted octanol–water partition coefficient (Wildman–Crippen LogP) is 3.65. The van der Waals surface area contributed by atoms with Gasteiger partial charge in [-0.25, -0.2) is 4.98 Å². The quantitative estimate of drug-likeness (QED) is 0.529. The highest BCUT2D eigenvalue weighted by Gasteiger charge is 2.19. The van der Waals surface area contributed by atoms with Gasteiger partial charge in [-0.1, -0.05) is 25.1 Å². The van der Waals surface area contributed by atoms with E-state index in [4.69, 9.17) is 4.42 Å². The first-order chi connectivity index (χ1) is 14.5. The Kier molecular flexibility index (Phi) is 5.05. The summed E-state index contributed by atoms with van der Waals surface area (Å²) in [5.74, 6) is 0.822. The van der Waals surface area contributed by atoms with Gasteiger partial charge in [0.2, 0.25) is 5.95 Å². The van der Waals surface area contributed by atoms with E-state index in [0.29, 0.717) is 40.5 Å². The number of aryl methyl sites for hydroxylation is 2. The van der Waals surface area contributed by atoms with E-state index in [2.05, 4.69) is 20.4 Å². The summed E-state index contributed by atoms with van der Waals surface area (Å²) in [6.07, 6.45) is 2.11. The molecule has 0 spiro atoms. The minimum atomic E-state index is -0.288. The van der Waals surface area contributed by atoms with Gasteiger partial charge in [0.25, 0.3) is 11.5 Å². The van der Waals surface area contributed by atoms with E-state index in [1.165, 1.54) is 4.68 Å². The first-order valence-electron chi connectivity index (χ1n) is 9.59. The number of benzene rings is 1. The van der Waals surface area contributed by atoms with Gasteiger partial charge in [0, 0.05) is 22.9 Å². The molecular weight excluding hydrogens is 382 g/mol. The van der Waals surface area contributed by atoms with E-state index in [-0.39, 0.29) is 17.4 Å². The van der Waals surface area contributed by atoms with E-state index < -0.39 is 0 Å². The summed E-state index contributed by atoms with van der Waals surface area (Å²) in [4.78, 5) is 32.6. The Labute approximate surface area is 172 Å². The van der Waals surface area contributed by atoms with Crippen molar-refractivity contribution in [2.24, 2.45) is 0 Å². The molecular formula is C22H21N5O3. The van der Waals surface area contributed by atoms with E-state index >= 15 is 0 Å². The van der Waals surface area contributed by atoms with Crippen molar-refractivity contribution in [3.63, 3.8) is 0 Å². The number of anilines is 1. The highest BCUT2D eigenvalue weighted by atomic mass is 16.3. The highest BCUT2D eigenvalue weighted by molar-refractivity contribution is 6.05. The molecule has 0 aliphatic rings. The van der Waals surface area contributed by atoms with E-state index in [1.54, 1.807) is 43.5 Å². The second kappa shape index (κ2) is 7.82. The first-order valence-corrected chi connectivity index (χ1v) is 9.59. The zero-order valence-electron chi connectivity index (χ0n) is 16.9. The maximum atomic E-state index is 12.9. The average Bonchev–Trinajstić information content (AvgIpc) is 3.38. The fourth-order valence-electron chi connectivity index (χ4n) is 3.30. The molecule has 0 saturated carbocycles. The number of hydrogen-bond acceptors (Lipinski definition) is 5. The van der Waals surface area contributed by atoms with Crippen LogP contribution in [0.1, 0.15) is 34.1 Å². The zero-order chi connectivity index (χ0) is 21.3. The number of rotatable bonds is 5. The third-order valence-corrected chi connectivity index (χ3v) is 4.88. The largest absolute Gasteiger partial charge is 0.463 e. The number of aromatic amines is 1. The summed E-state index contributed by atoms with van der Waals surface area (Å²) >= 11 is 0. The van der Waals surface area contributed by atoms with Crippen molar-refractivity contribution in [1.29, 1.82) is 0 Å². The topological polar surface area (TPSA) is 106 Å². The van der Waals surface area contributed by atoms with Crippen LogP contribution < -0.4 is 10.9 Å². The van der Waals surface area contributed by atoms with E-state index in [1.807, 2.05) is 26.0 Å². The van der Waals surface area contributed by atoms with E-state index in [0.717, 1.165) is 5.56 Å². The van der Waals surface area contributed by atoms with Gasteiger partial charge in [0.1, 0.15) is 11.5 Å². The van der Waals surface area contributed by atoms with Gasteiger partial charge in [-0.15, -0.1) is 0 Å². The number of amides is 1. The molecule has 8 nitrogen and oxygen atoms in total. The van der Waals surface area contributed by atoms with Crippen LogP contribution in [0.2, 0.25) is 0 Å². The highest BCUT2D eigenvalue weighted by Crippen LogP contribution is 2.25. The molecule has 152 valence electrons. The summed E-state index contributed by atoms with van der Waals surface area (Å²) in [6.45, 7) is 5.54. The van der Waals surface area contributed by atoms with Crippen LogP contribution in [-0.2, 0) is 6.42 Å². The van der Waals surface area contributed by atoms with Crippen LogP contribution >= 0.6 is 0 Å². The third kappa shape index (κ3) is 3.55. The summed E-state index contributed by atoms with van der Waals surface area (Å²) in [5, 5.41) is 7.38. The van der Waals surface area contributed by atoms with Gasteiger partial charge in [-0.2, -0.15) is 9.78 Å². The summed E-state index contributed by atoms with van der Waals surface area (Å²) in [5.41, 5.74) is 2.89. The lowest BCUT2D eigenvalue weighted by atomic mass is 10.1. The van der Waals surface area contributed by atoms with Crippen LogP contribution in [0.5, 0.6) is 0 Å². The number of H-pyrrole nitrogens is 1. The molecule has 0 atom stereocenters. The van der Waals surface area contributed by atoms with Crippen molar-refractivity contribution in [3.05, 3.63) is 81.5 Å². The van der Waals surface area contributed by atoms with Gasteiger partial charge in [0.15, 0.2) is 5.76 Å². The van der Waals surface area contributed by atoms with Gasteiger partial charge in [0.05, 0.1) is 6.26 Å². The molecule has 8 heteroatoms. The number of hydrogen-bond donors (Lipinski definition) is 2. The van der Waals surface area contributed by atoms with Gasteiger partial charge >= 0.3 is 0 Å². The molecule has 3 aromatic heterocycles. The Hall–Kier alpha value is -3.94. The lowest BCUT2D eigenvalue weighted by Gasteiger charge is -2.10. The van der Waals surface area contributed by atoms with Crippen molar-refractivity contribution in [1.82, 2.24) is 19.7 Å². The molecule has 0 radical (unpaired) electrons. The monoisotopic (exact) mass is 403 g/mol. The molecule has 1 aromatic carbocycles. The molecule has 4 rings (SSSR count). The molecule has 0 fully saturated rings. The van der Waals surface area contributed by atoms with Crippen molar-refractivity contribution in [2.75, 3.05) is 5.32 Å². The normalized spacial score (nSPS) is 10.9. The lowest BCUT2D eigenvalue weighted by molar-refractivity contribution is 0.102. The Balaban J connectivity index is 1.81. The molecule has 1 amide bonds. The van der Waals surface area contributed by atoms with Crippen LogP contribution in [0, 0.1) is 13.8 Å². The molecule has 0 aliphatic heterocycles. The molecule has 2 N–H and O–H groups in total. The zero-order valence-corrected chi connectivity index (χ0v) is 16.9. The first kappa shape index (κ1) is 19.4. The van der Waals surface area contributed by atoms with Crippen molar-refractivity contribution in [2.45, 2.75) is 27.2 Å². The fraction of sp³-hybridized carbons (Fsp3) is 0.182. The standard InChI is InChI=1S/C22H21N5O3/c1-4-15-14(3)23-22(25-20(15)28)27-19(12-17(26-27)18-10-7-11-30-18)24-21(29)16-9-6-5-8-13(16)2/h5-12H,4H2,1-3H3,(H,24,29)(H,23,25,28). The van der Waals surface area contributed by atoms with Crippen LogP contribution in [0.3, 0.4) is 0 Å². The molecule has 0 saturated heterocycles. The number of nitrogens with one attached hydrogen (secondary N) is 2. The Morgan fingerprint density at radius 1 is 1.20 bits per heavy atom. The Bertz CT molecular complexity index is 1270. The van der Waals surface area contributed by atoms with Crippen LogP contribution in [-0.4, -0.2) is 25.7 Å². The van der Waals surface area contributed by atoms with Crippen molar-refractivity contribution < 1.29 is 9.21 Å². The van der Waals surface area contributed by atoms with Crippen molar-refractivity contribution in [3.8, 4) is 17.4 Å². The summed E-state index contributed by atoms with van der Waals surface area (Å²) in [6, 6.07) is 12.5.